The quantitative estimate of drug-likeness (QED) is 0.608. The van der Waals surface area contributed by atoms with Gasteiger partial charge in [0.05, 0.1) is 18.1 Å². The van der Waals surface area contributed by atoms with E-state index in [4.69, 9.17) is 9.15 Å². The van der Waals surface area contributed by atoms with Gasteiger partial charge in [-0.05, 0) is 75.4 Å². The molecule has 0 aliphatic carbocycles. The van der Waals surface area contributed by atoms with Crippen LogP contribution in [0.4, 0.5) is 5.69 Å². The van der Waals surface area contributed by atoms with Gasteiger partial charge in [0.2, 0.25) is 5.91 Å². The van der Waals surface area contributed by atoms with Crippen LogP contribution in [-0.2, 0) is 17.6 Å². The Bertz CT molecular complexity index is 1220. The highest BCUT2D eigenvalue weighted by Crippen LogP contribution is 2.36. The van der Waals surface area contributed by atoms with Crippen molar-refractivity contribution in [1.29, 1.82) is 0 Å². The summed E-state index contributed by atoms with van der Waals surface area (Å²) >= 11 is 0. The molecular weight excluding hydrogens is 394 g/mol. The third kappa shape index (κ3) is 4.35. The number of hydrogen-bond acceptors (Lipinski definition) is 5. The van der Waals surface area contributed by atoms with E-state index in [1.807, 2.05) is 26.8 Å². The Morgan fingerprint density at radius 3 is 2.77 bits per heavy atom. The highest BCUT2D eigenvalue weighted by Gasteiger charge is 2.28. The fraction of sp³-hybridized carbons (Fsp3) is 0.360. The lowest BCUT2D eigenvalue weighted by Gasteiger charge is -2.32. The molecule has 2 aromatic carbocycles. The largest absolute Gasteiger partial charge is 0.487 e. The van der Waals surface area contributed by atoms with E-state index in [1.54, 1.807) is 37.3 Å². The molecule has 0 bridgehead atoms. The predicted molar refractivity (Wildman–Crippen MR) is 120 cm³/mol. The minimum atomic E-state index is -0.632. The van der Waals surface area contributed by atoms with Crippen molar-refractivity contribution in [3.05, 3.63) is 69.1 Å². The summed E-state index contributed by atoms with van der Waals surface area (Å²) < 4.78 is 11.6. The summed E-state index contributed by atoms with van der Waals surface area (Å²) in [6.45, 7) is 7.59. The number of ether oxygens (including phenoxy) is 1. The molecule has 31 heavy (non-hydrogen) atoms. The number of carbonyl (C=O) groups excluding carboxylic acids is 1. The van der Waals surface area contributed by atoms with Crippen molar-refractivity contribution in [3.8, 4) is 5.75 Å². The summed E-state index contributed by atoms with van der Waals surface area (Å²) in [5, 5.41) is 13.3. The number of carbonyl (C=O) groups is 1. The van der Waals surface area contributed by atoms with Crippen LogP contribution < -0.4 is 15.7 Å². The Balaban J connectivity index is 1.63. The Hall–Kier alpha value is -3.12. The first-order chi connectivity index (χ1) is 14.6. The molecule has 0 unspecified atom stereocenters. The van der Waals surface area contributed by atoms with E-state index in [-0.39, 0.29) is 17.9 Å². The summed E-state index contributed by atoms with van der Waals surface area (Å²) in [5.41, 5.74) is 3.13. The van der Waals surface area contributed by atoms with E-state index < -0.39 is 11.7 Å². The number of amides is 1. The maximum absolute atomic E-state index is 12.7. The molecule has 1 aliphatic rings. The second kappa shape index (κ2) is 7.85. The van der Waals surface area contributed by atoms with Crippen molar-refractivity contribution in [2.45, 2.75) is 58.7 Å². The molecule has 0 radical (unpaired) electrons. The van der Waals surface area contributed by atoms with Crippen molar-refractivity contribution in [3.63, 3.8) is 0 Å². The molecule has 0 fully saturated rings. The molecule has 1 aromatic heterocycles. The Labute approximate surface area is 180 Å². The van der Waals surface area contributed by atoms with Crippen molar-refractivity contribution < 1.29 is 19.1 Å². The zero-order valence-corrected chi connectivity index (χ0v) is 18.2. The van der Waals surface area contributed by atoms with Crippen molar-refractivity contribution in [1.82, 2.24) is 0 Å². The van der Waals surface area contributed by atoms with Crippen molar-refractivity contribution in [2.24, 2.45) is 0 Å². The van der Waals surface area contributed by atoms with Crippen molar-refractivity contribution in [2.75, 3.05) is 5.32 Å². The summed E-state index contributed by atoms with van der Waals surface area (Å²) in [6, 6.07) is 10.8. The molecule has 6 nitrogen and oxygen atoms in total. The highest BCUT2D eigenvalue weighted by atomic mass is 16.5. The normalized spacial score (nSPS) is 15.8. The van der Waals surface area contributed by atoms with E-state index in [0.717, 1.165) is 35.1 Å². The third-order valence-electron chi connectivity index (χ3n) is 5.84. The second-order valence-electron chi connectivity index (χ2n) is 8.84. The summed E-state index contributed by atoms with van der Waals surface area (Å²) in [6.07, 6.45) is 1.06. The molecule has 0 saturated carbocycles. The van der Waals surface area contributed by atoms with Crippen LogP contribution in [0, 0.1) is 6.92 Å². The van der Waals surface area contributed by atoms with Crippen LogP contribution in [0.3, 0.4) is 0 Å². The second-order valence-corrected chi connectivity index (χ2v) is 8.84. The van der Waals surface area contributed by atoms with Gasteiger partial charge >= 0.3 is 5.63 Å². The van der Waals surface area contributed by atoms with E-state index in [9.17, 15) is 14.7 Å². The van der Waals surface area contributed by atoms with E-state index in [1.165, 1.54) is 0 Å². The van der Waals surface area contributed by atoms with Crippen LogP contribution in [0.2, 0.25) is 0 Å². The standard InChI is InChI=1S/C25H27NO5/c1-14-19-11-17-8-9-25(3,4)31-21(17)13-22(19)30-24(29)20(14)12-23(28)26-18-7-5-6-16(10-18)15(2)27/h5-7,10-11,13,15,27H,8-9,12H2,1-4H3,(H,26,28)/t15-/m0/s1. The lowest BCUT2D eigenvalue weighted by Crippen LogP contribution is -2.32. The van der Waals surface area contributed by atoms with Gasteiger partial charge in [0.15, 0.2) is 0 Å². The fourth-order valence-corrected chi connectivity index (χ4v) is 3.98. The number of anilines is 1. The number of nitrogens with one attached hydrogen (secondary N) is 1. The fourth-order valence-electron chi connectivity index (χ4n) is 3.98. The molecular formula is C25H27NO5. The lowest BCUT2D eigenvalue weighted by atomic mass is 9.92. The minimum Gasteiger partial charge on any atom is -0.487 e. The number of benzene rings is 2. The van der Waals surface area contributed by atoms with Crippen LogP contribution in [0.25, 0.3) is 11.0 Å². The monoisotopic (exact) mass is 421 g/mol. The topological polar surface area (TPSA) is 88.8 Å². The first-order valence-electron chi connectivity index (χ1n) is 10.5. The van der Waals surface area contributed by atoms with Crippen LogP contribution in [0.5, 0.6) is 5.75 Å². The van der Waals surface area contributed by atoms with Crippen molar-refractivity contribution >= 4 is 22.6 Å². The maximum Gasteiger partial charge on any atom is 0.340 e. The molecule has 0 spiro atoms. The van der Waals surface area contributed by atoms with Gasteiger partial charge in [0.1, 0.15) is 16.9 Å². The maximum atomic E-state index is 12.7. The predicted octanol–water partition coefficient (Wildman–Crippen LogP) is 4.44. The van der Waals surface area contributed by atoms with Crippen LogP contribution >= 0.6 is 0 Å². The van der Waals surface area contributed by atoms with Gasteiger partial charge in [-0.3, -0.25) is 4.79 Å². The Kier molecular flexibility index (Phi) is 5.35. The SMILES string of the molecule is Cc1c(CC(=O)Nc2cccc([C@H](C)O)c2)c(=O)oc2cc3c(cc12)CCC(C)(C)O3. The van der Waals surface area contributed by atoms with Crippen LogP contribution in [0.15, 0.2) is 45.6 Å². The number of fused-ring (bicyclic) bond motifs is 2. The lowest BCUT2D eigenvalue weighted by molar-refractivity contribution is -0.115. The van der Waals surface area contributed by atoms with Crippen LogP contribution in [0.1, 0.15) is 55.5 Å². The average Bonchev–Trinajstić information content (AvgIpc) is 2.69. The molecule has 162 valence electrons. The molecule has 1 atom stereocenters. The molecule has 6 heteroatoms. The van der Waals surface area contributed by atoms with Gasteiger partial charge in [0, 0.05) is 17.1 Å². The summed E-state index contributed by atoms with van der Waals surface area (Å²) in [5.74, 6) is 0.426. The zero-order chi connectivity index (χ0) is 22.3. The Morgan fingerprint density at radius 1 is 1.26 bits per heavy atom. The molecule has 1 amide bonds. The minimum absolute atomic E-state index is 0.0936. The Morgan fingerprint density at radius 2 is 2.03 bits per heavy atom. The number of hydrogen-bond donors (Lipinski definition) is 2. The van der Waals surface area contributed by atoms with E-state index in [2.05, 4.69) is 5.32 Å². The average molecular weight is 421 g/mol. The first-order valence-corrected chi connectivity index (χ1v) is 10.5. The highest BCUT2D eigenvalue weighted by molar-refractivity contribution is 5.93. The van der Waals surface area contributed by atoms with Crippen LogP contribution in [-0.4, -0.2) is 16.6 Å². The van der Waals surface area contributed by atoms with Gasteiger partial charge in [-0.15, -0.1) is 0 Å². The zero-order valence-electron chi connectivity index (χ0n) is 18.2. The van der Waals surface area contributed by atoms with Gasteiger partial charge in [0.25, 0.3) is 0 Å². The number of rotatable bonds is 4. The van der Waals surface area contributed by atoms with Gasteiger partial charge in [-0.2, -0.15) is 0 Å². The van der Waals surface area contributed by atoms with Gasteiger partial charge in [-0.25, -0.2) is 4.79 Å². The van der Waals surface area contributed by atoms with E-state index >= 15 is 0 Å². The summed E-state index contributed by atoms with van der Waals surface area (Å²) in [4.78, 5) is 25.3. The van der Waals surface area contributed by atoms with E-state index in [0.29, 0.717) is 22.4 Å². The molecule has 1 aliphatic heterocycles. The smallest absolute Gasteiger partial charge is 0.340 e. The number of aliphatic hydroxyl groups excluding tert-OH is 1. The third-order valence-corrected chi connectivity index (χ3v) is 5.84. The first kappa shape index (κ1) is 21.1. The summed E-state index contributed by atoms with van der Waals surface area (Å²) in [7, 11) is 0. The molecule has 3 aromatic rings. The molecule has 4 rings (SSSR count). The number of aryl methyl sites for hydroxylation is 2. The number of aliphatic hydroxyl groups is 1. The molecule has 2 N–H and O–H groups in total. The molecule has 0 saturated heterocycles. The van der Waals surface area contributed by atoms with Gasteiger partial charge < -0.3 is 19.6 Å². The van der Waals surface area contributed by atoms with Gasteiger partial charge in [-0.1, -0.05) is 12.1 Å². The molecule has 2 heterocycles.